The molecule has 0 saturated carbocycles. The van der Waals surface area contributed by atoms with Gasteiger partial charge in [0.1, 0.15) is 0 Å². The molecule has 0 bridgehead atoms. The summed E-state index contributed by atoms with van der Waals surface area (Å²) in [5.74, 6) is 0. The Labute approximate surface area is 110 Å². The van der Waals surface area contributed by atoms with E-state index in [2.05, 4.69) is 42.6 Å². The van der Waals surface area contributed by atoms with Crippen LogP contribution in [-0.2, 0) is 11.2 Å². The van der Waals surface area contributed by atoms with E-state index in [1.54, 1.807) is 0 Å². The smallest absolute Gasteiger partial charge is 0.0940 e. The van der Waals surface area contributed by atoms with Crippen LogP contribution in [0.2, 0.25) is 0 Å². The molecule has 0 saturated heterocycles. The van der Waals surface area contributed by atoms with Crippen molar-refractivity contribution in [2.24, 2.45) is 5.73 Å². The summed E-state index contributed by atoms with van der Waals surface area (Å²) in [4.78, 5) is 0. The Balaban J connectivity index is 2.27. The molecule has 100 valence electrons. The van der Waals surface area contributed by atoms with Gasteiger partial charge in [0.2, 0.25) is 0 Å². The number of hydrogen-bond donors (Lipinski definition) is 2. The molecule has 0 atom stereocenters. The molecule has 0 aliphatic heterocycles. The lowest BCUT2D eigenvalue weighted by Crippen LogP contribution is -2.18. The van der Waals surface area contributed by atoms with E-state index in [-0.39, 0.29) is 0 Å². The van der Waals surface area contributed by atoms with Crippen molar-refractivity contribution in [1.82, 2.24) is 5.32 Å². The summed E-state index contributed by atoms with van der Waals surface area (Å²) in [5.41, 5.74) is 9.19. The molecule has 1 aromatic rings. The Hall–Kier alpha value is -1.32. The van der Waals surface area contributed by atoms with Crippen molar-refractivity contribution in [3.63, 3.8) is 0 Å². The van der Waals surface area contributed by atoms with Gasteiger partial charge < -0.3 is 15.8 Å². The first-order valence-electron chi connectivity index (χ1n) is 6.48. The van der Waals surface area contributed by atoms with Gasteiger partial charge in [-0.1, -0.05) is 35.9 Å². The molecular formula is C15H24N2O. The normalized spacial score (nSPS) is 11.6. The van der Waals surface area contributed by atoms with E-state index < -0.39 is 0 Å². The Morgan fingerprint density at radius 2 is 2.28 bits per heavy atom. The fourth-order valence-corrected chi connectivity index (χ4v) is 1.84. The van der Waals surface area contributed by atoms with Crippen molar-refractivity contribution >= 4 is 0 Å². The van der Waals surface area contributed by atoms with Gasteiger partial charge in [0.05, 0.1) is 13.3 Å². The minimum Gasteiger partial charge on any atom is -0.388 e. The summed E-state index contributed by atoms with van der Waals surface area (Å²) < 4.78 is 5.14. The molecule has 0 amide bonds. The molecule has 0 unspecified atom stereocenters. The summed E-state index contributed by atoms with van der Waals surface area (Å²) >= 11 is 0. The highest BCUT2D eigenvalue weighted by Gasteiger charge is 1.97. The van der Waals surface area contributed by atoms with Crippen LogP contribution < -0.4 is 11.1 Å². The number of allylic oxidation sites excluding steroid dienone is 1. The Bertz CT molecular complexity index is 375. The highest BCUT2D eigenvalue weighted by Crippen LogP contribution is 2.05. The van der Waals surface area contributed by atoms with Crippen molar-refractivity contribution < 1.29 is 4.74 Å². The molecule has 3 nitrogen and oxygen atoms in total. The van der Waals surface area contributed by atoms with Gasteiger partial charge in [0.15, 0.2) is 0 Å². The molecule has 0 radical (unpaired) electrons. The summed E-state index contributed by atoms with van der Waals surface area (Å²) in [7, 11) is 0. The largest absolute Gasteiger partial charge is 0.388 e. The molecule has 0 aliphatic carbocycles. The molecule has 0 aromatic heterocycles. The van der Waals surface area contributed by atoms with Crippen LogP contribution in [0, 0.1) is 6.92 Å². The van der Waals surface area contributed by atoms with Gasteiger partial charge in [-0.15, -0.1) is 0 Å². The summed E-state index contributed by atoms with van der Waals surface area (Å²) in [6.45, 7) is 6.08. The molecule has 1 aromatic carbocycles. The minimum atomic E-state index is 0.292. The van der Waals surface area contributed by atoms with E-state index in [9.17, 15) is 0 Å². The standard InChI is InChI=1S/C15H24N2O/c1-3-15(8-10-18-12-16)17-9-7-14-6-4-5-13(2)11-14/h3-6,11,17H,7-10,12,16H2,1-2H3/b15-3-. The number of ether oxygens (including phenoxy) is 1. The van der Waals surface area contributed by atoms with Crippen LogP contribution in [0.4, 0.5) is 0 Å². The monoisotopic (exact) mass is 248 g/mol. The van der Waals surface area contributed by atoms with Crippen LogP contribution in [-0.4, -0.2) is 19.9 Å². The van der Waals surface area contributed by atoms with E-state index in [1.807, 2.05) is 6.92 Å². The molecule has 1 rings (SSSR count). The van der Waals surface area contributed by atoms with E-state index in [0.29, 0.717) is 13.3 Å². The van der Waals surface area contributed by atoms with Gasteiger partial charge in [-0.05, 0) is 25.8 Å². The molecule has 3 heteroatoms. The number of aryl methyl sites for hydroxylation is 1. The average Bonchev–Trinajstić information content (AvgIpc) is 2.37. The van der Waals surface area contributed by atoms with Crippen molar-refractivity contribution in [2.75, 3.05) is 19.9 Å². The SMILES string of the molecule is C/C=C(/CCOCN)NCCc1cccc(C)c1. The molecule has 0 heterocycles. The van der Waals surface area contributed by atoms with Crippen molar-refractivity contribution in [1.29, 1.82) is 0 Å². The maximum atomic E-state index is 5.28. The van der Waals surface area contributed by atoms with Gasteiger partial charge in [0, 0.05) is 18.7 Å². The summed E-state index contributed by atoms with van der Waals surface area (Å²) in [6, 6.07) is 8.63. The predicted octanol–water partition coefficient (Wildman–Crippen LogP) is 2.35. The van der Waals surface area contributed by atoms with Crippen molar-refractivity contribution in [3.05, 3.63) is 47.2 Å². The second-order valence-electron chi connectivity index (χ2n) is 4.30. The van der Waals surface area contributed by atoms with Gasteiger partial charge >= 0.3 is 0 Å². The van der Waals surface area contributed by atoms with Crippen LogP contribution >= 0.6 is 0 Å². The second kappa shape index (κ2) is 8.72. The lowest BCUT2D eigenvalue weighted by molar-refractivity contribution is 0.143. The molecule has 0 spiro atoms. The van der Waals surface area contributed by atoms with Gasteiger partial charge in [0.25, 0.3) is 0 Å². The van der Waals surface area contributed by atoms with Crippen LogP contribution in [0.25, 0.3) is 0 Å². The Kier molecular flexibility index (Phi) is 7.14. The van der Waals surface area contributed by atoms with Crippen LogP contribution in [0.15, 0.2) is 36.0 Å². The lowest BCUT2D eigenvalue weighted by Gasteiger charge is -2.11. The van der Waals surface area contributed by atoms with Crippen LogP contribution in [0.3, 0.4) is 0 Å². The first kappa shape index (κ1) is 14.7. The molecule has 18 heavy (non-hydrogen) atoms. The maximum Gasteiger partial charge on any atom is 0.0940 e. The lowest BCUT2D eigenvalue weighted by atomic mass is 10.1. The number of nitrogens with two attached hydrogens (primary N) is 1. The fourth-order valence-electron chi connectivity index (χ4n) is 1.84. The third kappa shape index (κ3) is 5.84. The third-order valence-electron chi connectivity index (χ3n) is 2.83. The predicted molar refractivity (Wildman–Crippen MR) is 76.3 cm³/mol. The number of hydrogen-bond acceptors (Lipinski definition) is 3. The van der Waals surface area contributed by atoms with Crippen LogP contribution in [0.1, 0.15) is 24.5 Å². The van der Waals surface area contributed by atoms with E-state index in [1.165, 1.54) is 16.8 Å². The van der Waals surface area contributed by atoms with Gasteiger partial charge in [-0.2, -0.15) is 0 Å². The van der Waals surface area contributed by atoms with Gasteiger partial charge in [-0.3, -0.25) is 0 Å². The topological polar surface area (TPSA) is 47.3 Å². The highest BCUT2D eigenvalue weighted by atomic mass is 16.5. The van der Waals surface area contributed by atoms with Gasteiger partial charge in [-0.25, -0.2) is 0 Å². The zero-order chi connectivity index (χ0) is 13.2. The first-order valence-corrected chi connectivity index (χ1v) is 6.48. The fraction of sp³-hybridized carbons (Fsp3) is 0.467. The molecule has 0 fully saturated rings. The highest BCUT2D eigenvalue weighted by molar-refractivity contribution is 5.22. The van der Waals surface area contributed by atoms with Crippen molar-refractivity contribution in [3.8, 4) is 0 Å². The van der Waals surface area contributed by atoms with E-state index >= 15 is 0 Å². The summed E-state index contributed by atoms with van der Waals surface area (Å²) in [5, 5.41) is 3.44. The first-order chi connectivity index (χ1) is 8.76. The second-order valence-corrected chi connectivity index (χ2v) is 4.30. The number of nitrogens with one attached hydrogen (secondary N) is 1. The quantitative estimate of drug-likeness (QED) is 0.548. The zero-order valence-electron chi connectivity index (χ0n) is 11.4. The van der Waals surface area contributed by atoms with Crippen molar-refractivity contribution in [2.45, 2.75) is 26.7 Å². The Morgan fingerprint density at radius 3 is 2.94 bits per heavy atom. The summed E-state index contributed by atoms with van der Waals surface area (Å²) in [6.07, 6.45) is 4.02. The molecule has 0 aliphatic rings. The maximum absolute atomic E-state index is 5.28. The molecular weight excluding hydrogens is 224 g/mol. The minimum absolute atomic E-state index is 0.292. The third-order valence-corrected chi connectivity index (χ3v) is 2.83. The average molecular weight is 248 g/mol. The number of rotatable bonds is 8. The zero-order valence-corrected chi connectivity index (χ0v) is 11.4. The van der Waals surface area contributed by atoms with Crippen LogP contribution in [0.5, 0.6) is 0 Å². The van der Waals surface area contributed by atoms with E-state index in [0.717, 1.165) is 19.4 Å². The number of benzene rings is 1. The van der Waals surface area contributed by atoms with E-state index in [4.69, 9.17) is 10.5 Å². The molecule has 3 N–H and O–H groups in total. The Morgan fingerprint density at radius 1 is 1.44 bits per heavy atom.